The van der Waals surface area contributed by atoms with E-state index >= 15 is 0 Å². The monoisotopic (exact) mass is 265 g/mol. The van der Waals surface area contributed by atoms with Crippen molar-refractivity contribution in [2.75, 3.05) is 0 Å². The van der Waals surface area contributed by atoms with Crippen molar-refractivity contribution in [1.29, 1.82) is 0 Å². The number of H-pyrrole nitrogens is 1. The first kappa shape index (κ1) is 12.4. The first-order valence-corrected chi connectivity index (χ1v) is 6.51. The fraction of sp³-hybridized carbons (Fsp3) is 0.125. The first-order chi connectivity index (χ1) is 9.74. The maximum atomic E-state index is 12.0. The predicted octanol–water partition coefficient (Wildman–Crippen LogP) is 2.80. The Balaban J connectivity index is 1.74. The molecule has 3 rings (SSSR count). The predicted molar refractivity (Wildman–Crippen MR) is 78.4 cm³/mol. The lowest BCUT2D eigenvalue weighted by Crippen LogP contribution is -2.22. The topological polar surface area (TPSA) is 57.8 Å². The quantitative estimate of drug-likeness (QED) is 0.765. The van der Waals surface area contributed by atoms with E-state index in [1.54, 1.807) is 12.1 Å². The summed E-state index contributed by atoms with van der Waals surface area (Å²) in [7, 11) is 0. The highest BCUT2D eigenvalue weighted by Gasteiger charge is 2.06. The van der Waals surface area contributed by atoms with Crippen LogP contribution in [0.25, 0.3) is 10.9 Å². The lowest BCUT2D eigenvalue weighted by atomic mass is 10.1. The van der Waals surface area contributed by atoms with Crippen LogP contribution in [0.5, 0.6) is 0 Å². The molecular weight excluding hydrogens is 250 g/mol. The van der Waals surface area contributed by atoms with Crippen LogP contribution in [0.3, 0.4) is 0 Å². The minimum Gasteiger partial charge on any atom is -0.348 e. The van der Waals surface area contributed by atoms with Crippen molar-refractivity contribution in [3.63, 3.8) is 0 Å². The van der Waals surface area contributed by atoms with E-state index in [1.165, 1.54) is 0 Å². The molecular formula is C16H15N3O. The number of hydrogen-bond donors (Lipinski definition) is 2. The van der Waals surface area contributed by atoms with Crippen LogP contribution in [0.4, 0.5) is 0 Å². The molecule has 0 bridgehead atoms. The van der Waals surface area contributed by atoms with Gasteiger partial charge in [-0.05, 0) is 36.8 Å². The molecule has 2 aromatic carbocycles. The van der Waals surface area contributed by atoms with Gasteiger partial charge in [0, 0.05) is 23.2 Å². The van der Waals surface area contributed by atoms with Gasteiger partial charge < -0.3 is 5.32 Å². The summed E-state index contributed by atoms with van der Waals surface area (Å²) in [6.45, 7) is 2.50. The van der Waals surface area contributed by atoms with Gasteiger partial charge in [-0.15, -0.1) is 0 Å². The van der Waals surface area contributed by atoms with E-state index in [1.807, 2.05) is 37.3 Å². The number of nitrogens with one attached hydrogen (secondary N) is 2. The number of fused-ring (bicyclic) bond motifs is 1. The summed E-state index contributed by atoms with van der Waals surface area (Å²) in [6.07, 6.45) is 0. The van der Waals surface area contributed by atoms with E-state index in [4.69, 9.17) is 0 Å². The average Bonchev–Trinajstić information content (AvgIpc) is 2.87. The third kappa shape index (κ3) is 2.40. The van der Waals surface area contributed by atoms with Crippen LogP contribution >= 0.6 is 0 Å². The van der Waals surface area contributed by atoms with Crippen molar-refractivity contribution in [2.24, 2.45) is 0 Å². The minimum absolute atomic E-state index is 0.0605. The van der Waals surface area contributed by atoms with Gasteiger partial charge in [-0.3, -0.25) is 9.89 Å². The SMILES string of the molecule is Cc1[nH]nc2ccc(CNC(=O)c3ccccc3)cc12. The number of rotatable bonds is 3. The number of aromatic nitrogens is 2. The highest BCUT2D eigenvalue weighted by molar-refractivity contribution is 5.94. The summed E-state index contributed by atoms with van der Waals surface area (Å²) in [5.74, 6) is -0.0605. The van der Waals surface area contributed by atoms with E-state index < -0.39 is 0 Å². The Kier molecular flexibility index (Phi) is 3.21. The molecule has 4 nitrogen and oxygen atoms in total. The Hall–Kier alpha value is -2.62. The Morgan fingerprint density at radius 1 is 1.20 bits per heavy atom. The zero-order valence-electron chi connectivity index (χ0n) is 11.2. The number of benzene rings is 2. The van der Waals surface area contributed by atoms with Crippen molar-refractivity contribution >= 4 is 16.8 Å². The Labute approximate surface area is 116 Å². The van der Waals surface area contributed by atoms with Gasteiger partial charge in [0.15, 0.2) is 0 Å². The maximum absolute atomic E-state index is 12.0. The van der Waals surface area contributed by atoms with Crippen LogP contribution in [-0.2, 0) is 6.54 Å². The number of aryl methyl sites for hydroxylation is 1. The molecule has 0 aliphatic rings. The minimum atomic E-state index is -0.0605. The third-order valence-corrected chi connectivity index (χ3v) is 3.30. The lowest BCUT2D eigenvalue weighted by molar-refractivity contribution is 0.0951. The molecule has 0 spiro atoms. The van der Waals surface area contributed by atoms with Gasteiger partial charge in [-0.25, -0.2) is 0 Å². The summed E-state index contributed by atoms with van der Waals surface area (Å²) in [5.41, 5.74) is 3.72. The van der Waals surface area contributed by atoms with Crippen LogP contribution in [-0.4, -0.2) is 16.1 Å². The number of aromatic amines is 1. The second kappa shape index (κ2) is 5.17. The third-order valence-electron chi connectivity index (χ3n) is 3.30. The van der Waals surface area contributed by atoms with Gasteiger partial charge in [0.25, 0.3) is 5.91 Å². The molecule has 0 aliphatic heterocycles. The summed E-state index contributed by atoms with van der Waals surface area (Å²) >= 11 is 0. The van der Waals surface area contributed by atoms with Crippen LogP contribution in [0, 0.1) is 6.92 Å². The van der Waals surface area contributed by atoms with Crippen molar-refractivity contribution in [3.05, 3.63) is 65.4 Å². The largest absolute Gasteiger partial charge is 0.348 e. The van der Waals surface area contributed by atoms with Gasteiger partial charge in [-0.1, -0.05) is 24.3 Å². The van der Waals surface area contributed by atoms with Crippen molar-refractivity contribution in [2.45, 2.75) is 13.5 Å². The highest BCUT2D eigenvalue weighted by Crippen LogP contribution is 2.16. The second-order valence-electron chi connectivity index (χ2n) is 4.75. The fourth-order valence-corrected chi connectivity index (χ4v) is 2.17. The van der Waals surface area contributed by atoms with Gasteiger partial charge in [-0.2, -0.15) is 5.10 Å². The fourth-order valence-electron chi connectivity index (χ4n) is 2.17. The van der Waals surface area contributed by atoms with Crippen LogP contribution in [0.1, 0.15) is 21.6 Å². The zero-order chi connectivity index (χ0) is 13.9. The smallest absolute Gasteiger partial charge is 0.251 e. The number of carbonyl (C=O) groups excluding carboxylic acids is 1. The van der Waals surface area contributed by atoms with Gasteiger partial charge >= 0.3 is 0 Å². The standard InChI is InChI=1S/C16H15N3O/c1-11-14-9-12(7-8-15(14)19-18-11)10-17-16(20)13-5-3-2-4-6-13/h2-9H,10H2,1H3,(H,17,20)(H,18,19). The van der Waals surface area contributed by atoms with Crippen LogP contribution in [0.15, 0.2) is 48.5 Å². The number of hydrogen-bond acceptors (Lipinski definition) is 2. The molecule has 2 N–H and O–H groups in total. The highest BCUT2D eigenvalue weighted by atomic mass is 16.1. The van der Waals surface area contributed by atoms with E-state index in [0.29, 0.717) is 12.1 Å². The molecule has 4 heteroatoms. The van der Waals surface area contributed by atoms with Crippen molar-refractivity contribution in [1.82, 2.24) is 15.5 Å². The molecule has 1 aromatic heterocycles. The molecule has 1 heterocycles. The maximum Gasteiger partial charge on any atom is 0.251 e. The van der Waals surface area contributed by atoms with Gasteiger partial charge in [0.2, 0.25) is 0 Å². The van der Waals surface area contributed by atoms with Crippen LogP contribution in [0.2, 0.25) is 0 Å². The zero-order valence-corrected chi connectivity index (χ0v) is 11.2. The molecule has 0 unspecified atom stereocenters. The van der Waals surface area contributed by atoms with Gasteiger partial charge in [0.1, 0.15) is 0 Å². The first-order valence-electron chi connectivity index (χ1n) is 6.51. The molecule has 100 valence electrons. The molecule has 0 saturated heterocycles. The molecule has 1 amide bonds. The molecule has 0 aliphatic carbocycles. The summed E-state index contributed by atoms with van der Waals surface area (Å²) in [4.78, 5) is 12.0. The Bertz CT molecular complexity index is 747. The molecule has 0 fully saturated rings. The number of nitrogens with zero attached hydrogens (tertiary/aromatic N) is 1. The van der Waals surface area contributed by atoms with Crippen LogP contribution < -0.4 is 5.32 Å². The summed E-state index contributed by atoms with van der Waals surface area (Å²) < 4.78 is 0. The van der Waals surface area contributed by atoms with Crippen molar-refractivity contribution in [3.8, 4) is 0 Å². The van der Waals surface area contributed by atoms with E-state index in [2.05, 4.69) is 21.6 Å². The summed E-state index contributed by atoms with van der Waals surface area (Å²) in [6, 6.07) is 15.2. The van der Waals surface area contributed by atoms with E-state index in [-0.39, 0.29) is 5.91 Å². The summed E-state index contributed by atoms with van der Waals surface area (Å²) in [5, 5.41) is 11.2. The molecule has 0 atom stereocenters. The van der Waals surface area contributed by atoms with E-state index in [0.717, 1.165) is 22.2 Å². The molecule has 0 saturated carbocycles. The normalized spacial score (nSPS) is 10.7. The average molecular weight is 265 g/mol. The Morgan fingerprint density at radius 2 is 2.00 bits per heavy atom. The van der Waals surface area contributed by atoms with E-state index in [9.17, 15) is 4.79 Å². The van der Waals surface area contributed by atoms with Gasteiger partial charge in [0.05, 0.1) is 5.52 Å². The molecule has 20 heavy (non-hydrogen) atoms. The van der Waals surface area contributed by atoms with Crippen molar-refractivity contribution < 1.29 is 4.79 Å². The number of carbonyl (C=O) groups is 1. The Morgan fingerprint density at radius 3 is 2.80 bits per heavy atom. The molecule has 3 aromatic rings. The lowest BCUT2D eigenvalue weighted by Gasteiger charge is -2.05. The second-order valence-corrected chi connectivity index (χ2v) is 4.75. The molecule has 0 radical (unpaired) electrons. The number of amides is 1.